The summed E-state index contributed by atoms with van der Waals surface area (Å²) in [6.07, 6.45) is 0.477. The van der Waals surface area contributed by atoms with Crippen LogP contribution in [0.5, 0.6) is 5.75 Å². The van der Waals surface area contributed by atoms with E-state index in [2.05, 4.69) is 81.1 Å². The number of thioether (sulfide) groups is 1. The first kappa shape index (κ1) is 31.7. The molecule has 2 fully saturated rings. The number of amides is 2. The van der Waals surface area contributed by atoms with Crippen molar-refractivity contribution in [3.63, 3.8) is 0 Å². The van der Waals surface area contributed by atoms with Gasteiger partial charge in [0.15, 0.2) is 11.0 Å². The topological polar surface area (TPSA) is 84.6 Å². The molecular formula is C34H35F3N6O2S. The van der Waals surface area contributed by atoms with Crippen LogP contribution in [0.3, 0.4) is 0 Å². The summed E-state index contributed by atoms with van der Waals surface area (Å²) in [5, 5.41) is 8.40. The number of alkyl halides is 3. The number of para-hydroxylation sites is 1. The molecule has 1 aliphatic heterocycles. The van der Waals surface area contributed by atoms with E-state index in [0.29, 0.717) is 17.4 Å². The highest BCUT2D eigenvalue weighted by molar-refractivity contribution is 8.14. The van der Waals surface area contributed by atoms with Crippen LogP contribution in [0.25, 0.3) is 17.1 Å². The van der Waals surface area contributed by atoms with E-state index >= 15 is 0 Å². The smallest absolute Gasteiger partial charge is 0.406 e. The standard InChI is InChI=1S/C34H35F3N6O2S/c1-21-5-4-6-22(2)30(21)43-23(3)17-18-46-33(43)40-32(44)39-27-12-11-26(19-27)24-7-9-25(10-8-24)31-38-20-42(41-31)28-13-15-29(16-14-28)45-34(35,36)37/h4-10,13-16,20,23,26-27H,11-12,17-19H2,1-3H3,(H,39,44). The Kier molecular flexibility index (Phi) is 9.08. The fourth-order valence-corrected chi connectivity index (χ4v) is 7.43. The Bertz CT molecular complexity index is 1700. The molecule has 0 bridgehead atoms. The third-order valence-electron chi connectivity index (χ3n) is 8.52. The second-order valence-electron chi connectivity index (χ2n) is 11.8. The predicted molar refractivity (Wildman–Crippen MR) is 175 cm³/mol. The highest BCUT2D eigenvalue weighted by atomic mass is 32.2. The minimum atomic E-state index is -4.74. The molecule has 2 amide bonds. The van der Waals surface area contributed by atoms with E-state index in [1.54, 1.807) is 11.8 Å². The number of aryl methyl sites for hydroxylation is 2. The van der Waals surface area contributed by atoms with Crippen LogP contribution in [0.15, 0.2) is 78.0 Å². The van der Waals surface area contributed by atoms with Crippen LogP contribution in [0.4, 0.5) is 23.7 Å². The number of urea groups is 1. The Balaban J connectivity index is 1.07. The van der Waals surface area contributed by atoms with E-state index in [0.717, 1.165) is 47.9 Å². The number of carbonyl (C=O) groups excluding carboxylic acids is 1. The lowest BCUT2D eigenvalue weighted by Crippen LogP contribution is -2.43. The first-order valence-electron chi connectivity index (χ1n) is 15.3. The molecule has 240 valence electrons. The Labute approximate surface area is 270 Å². The third kappa shape index (κ3) is 7.22. The van der Waals surface area contributed by atoms with Gasteiger partial charge in [-0.15, -0.1) is 18.3 Å². The fourth-order valence-electron chi connectivity index (χ4n) is 6.23. The molecular weight excluding hydrogens is 613 g/mol. The minimum Gasteiger partial charge on any atom is -0.406 e. The van der Waals surface area contributed by atoms with Gasteiger partial charge >= 0.3 is 12.4 Å². The van der Waals surface area contributed by atoms with Crippen molar-refractivity contribution in [2.75, 3.05) is 10.7 Å². The van der Waals surface area contributed by atoms with Crippen molar-refractivity contribution in [3.05, 3.63) is 89.7 Å². The zero-order chi connectivity index (χ0) is 32.4. The Hall–Kier alpha value is -4.32. The molecule has 1 N–H and O–H groups in total. The van der Waals surface area contributed by atoms with Crippen LogP contribution >= 0.6 is 11.8 Å². The summed E-state index contributed by atoms with van der Waals surface area (Å²) in [5.41, 5.74) is 6.04. The molecule has 8 nitrogen and oxygen atoms in total. The fraction of sp³-hybridized carbons (Fsp3) is 0.353. The molecule has 0 spiro atoms. The second kappa shape index (κ2) is 13.2. The number of carbonyl (C=O) groups is 1. The number of hydrogen-bond donors (Lipinski definition) is 1. The SMILES string of the molecule is Cc1cccc(C)c1N1C(=NC(=O)NC2CCC(c3ccc(-c4ncn(-c5ccc(OC(F)(F)F)cc5)n4)cc3)C2)SCCC1C. The quantitative estimate of drug-likeness (QED) is 0.227. The molecule has 3 unspecified atom stereocenters. The summed E-state index contributed by atoms with van der Waals surface area (Å²) < 4.78 is 42.8. The molecule has 0 radical (unpaired) electrons. The average Bonchev–Trinajstić information content (AvgIpc) is 3.69. The highest BCUT2D eigenvalue weighted by Gasteiger charge is 2.32. The first-order valence-corrected chi connectivity index (χ1v) is 16.3. The van der Waals surface area contributed by atoms with Crippen molar-refractivity contribution in [1.29, 1.82) is 0 Å². The Morgan fingerprint density at radius 3 is 2.41 bits per heavy atom. The number of nitrogens with zero attached hydrogens (tertiary/aromatic N) is 5. The van der Waals surface area contributed by atoms with E-state index < -0.39 is 6.36 Å². The van der Waals surface area contributed by atoms with E-state index in [-0.39, 0.29) is 23.9 Å². The van der Waals surface area contributed by atoms with Gasteiger partial charge in [0.25, 0.3) is 0 Å². The van der Waals surface area contributed by atoms with Gasteiger partial charge in [0.1, 0.15) is 12.1 Å². The van der Waals surface area contributed by atoms with Crippen molar-refractivity contribution < 1.29 is 22.7 Å². The van der Waals surface area contributed by atoms with Crippen LogP contribution in [-0.2, 0) is 0 Å². The van der Waals surface area contributed by atoms with Crippen LogP contribution in [0.1, 0.15) is 55.2 Å². The van der Waals surface area contributed by atoms with Gasteiger partial charge in [0, 0.05) is 29.1 Å². The van der Waals surface area contributed by atoms with Crippen molar-refractivity contribution in [3.8, 4) is 22.8 Å². The number of nitrogens with one attached hydrogen (secondary N) is 1. The summed E-state index contributed by atoms with van der Waals surface area (Å²) in [6, 6.07) is 19.8. The summed E-state index contributed by atoms with van der Waals surface area (Å²) in [6.45, 7) is 6.39. The van der Waals surface area contributed by atoms with E-state index in [4.69, 9.17) is 0 Å². The lowest BCUT2D eigenvalue weighted by Gasteiger charge is -2.37. The first-order chi connectivity index (χ1) is 22.0. The maximum absolute atomic E-state index is 13.1. The van der Waals surface area contributed by atoms with Crippen molar-refractivity contribution >= 4 is 28.6 Å². The van der Waals surface area contributed by atoms with Gasteiger partial charge in [0.05, 0.1) is 5.69 Å². The summed E-state index contributed by atoms with van der Waals surface area (Å²) in [7, 11) is 0. The number of rotatable bonds is 6. The number of aliphatic imine (C=N–C) groups is 1. The molecule has 2 heterocycles. The second-order valence-corrected chi connectivity index (χ2v) is 12.9. The molecule has 1 aliphatic carbocycles. The van der Waals surface area contributed by atoms with Gasteiger partial charge in [-0.25, -0.2) is 14.5 Å². The minimum absolute atomic E-state index is 0.0477. The molecule has 1 saturated carbocycles. The lowest BCUT2D eigenvalue weighted by atomic mass is 9.96. The monoisotopic (exact) mass is 648 g/mol. The van der Waals surface area contributed by atoms with Gasteiger partial charge < -0.3 is 15.0 Å². The molecule has 4 aromatic rings. The number of anilines is 1. The van der Waals surface area contributed by atoms with Gasteiger partial charge in [-0.3, -0.25) is 0 Å². The van der Waals surface area contributed by atoms with Gasteiger partial charge in [-0.05, 0) is 93.3 Å². The largest absolute Gasteiger partial charge is 0.573 e. The third-order valence-corrected chi connectivity index (χ3v) is 9.50. The van der Waals surface area contributed by atoms with Crippen LogP contribution in [-0.4, -0.2) is 50.2 Å². The zero-order valence-electron chi connectivity index (χ0n) is 25.8. The van der Waals surface area contributed by atoms with E-state index in [9.17, 15) is 18.0 Å². The molecule has 1 aromatic heterocycles. The normalized spacial score (nSPS) is 21.0. The molecule has 1 saturated heterocycles. The van der Waals surface area contributed by atoms with E-state index in [1.165, 1.54) is 52.0 Å². The molecule has 3 atom stereocenters. The number of amidine groups is 1. The van der Waals surface area contributed by atoms with Gasteiger partial charge in [0.2, 0.25) is 0 Å². The average molecular weight is 649 g/mol. The summed E-state index contributed by atoms with van der Waals surface area (Å²) in [4.78, 5) is 24.3. The van der Waals surface area contributed by atoms with Crippen molar-refractivity contribution in [1.82, 2.24) is 20.1 Å². The molecule has 12 heteroatoms. The summed E-state index contributed by atoms with van der Waals surface area (Å²) in [5.74, 6) is 1.44. The van der Waals surface area contributed by atoms with Crippen LogP contribution in [0.2, 0.25) is 0 Å². The Morgan fingerprint density at radius 2 is 1.72 bits per heavy atom. The maximum atomic E-state index is 13.1. The predicted octanol–water partition coefficient (Wildman–Crippen LogP) is 8.18. The van der Waals surface area contributed by atoms with Crippen molar-refractivity contribution in [2.24, 2.45) is 4.99 Å². The Morgan fingerprint density at radius 1 is 1.00 bits per heavy atom. The molecule has 46 heavy (non-hydrogen) atoms. The molecule has 2 aliphatic rings. The van der Waals surface area contributed by atoms with Gasteiger partial charge in [-0.1, -0.05) is 54.2 Å². The van der Waals surface area contributed by atoms with Gasteiger partial charge in [-0.2, -0.15) is 4.99 Å². The number of ether oxygens (including phenoxy) is 1. The van der Waals surface area contributed by atoms with E-state index in [1.807, 2.05) is 12.1 Å². The van der Waals surface area contributed by atoms with Crippen molar-refractivity contribution in [2.45, 2.75) is 70.8 Å². The number of halogens is 3. The van der Waals surface area contributed by atoms with Crippen LogP contribution < -0.4 is 15.0 Å². The van der Waals surface area contributed by atoms with Crippen LogP contribution in [0, 0.1) is 13.8 Å². The highest BCUT2D eigenvalue weighted by Crippen LogP contribution is 2.36. The number of aromatic nitrogens is 3. The zero-order valence-corrected chi connectivity index (χ0v) is 26.6. The number of benzene rings is 3. The number of hydrogen-bond acceptors (Lipinski definition) is 5. The lowest BCUT2D eigenvalue weighted by molar-refractivity contribution is -0.274. The maximum Gasteiger partial charge on any atom is 0.573 e. The molecule has 3 aromatic carbocycles. The molecule has 6 rings (SSSR count). The summed E-state index contributed by atoms with van der Waals surface area (Å²) >= 11 is 1.63.